The highest BCUT2D eigenvalue weighted by molar-refractivity contribution is 5.68. The van der Waals surface area contributed by atoms with Crippen LogP contribution < -0.4 is 4.74 Å². The normalized spacial score (nSPS) is 21.4. The summed E-state index contributed by atoms with van der Waals surface area (Å²) in [6.45, 7) is 5.49. The molecule has 0 unspecified atom stereocenters. The van der Waals surface area contributed by atoms with Crippen LogP contribution in [0.2, 0.25) is 0 Å². The van der Waals surface area contributed by atoms with Crippen molar-refractivity contribution in [3.8, 4) is 6.01 Å². The van der Waals surface area contributed by atoms with Crippen LogP contribution in [-0.2, 0) is 4.74 Å². The number of carbonyl (C=O) groups is 1. The van der Waals surface area contributed by atoms with E-state index in [1.807, 2.05) is 20.8 Å². The maximum atomic E-state index is 12.7. The van der Waals surface area contributed by atoms with Crippen LogP contribution in [0.15, 0.2) is 12.4 Å². The van der Waals surface area contributed by atoms with Crippen molar-refractivity contribution in [1.29, 1.82) is 0 Å². The number of rotatable bonds is 3. The van der Waals surface area contributed by atoms with Gasteiger partial charge in [0.2, 0.25) is 0 Å². The molecule has 6 nitrogen and oxygen atoms in total. The van der Waals surface area contributed by atoms with E-state index in [0.717, 1.165) is 12.4 Å². The molecule has 0 bridgehead atoms. The first kappa shape index (κ1) is 15.5. The second-order valence-electron chi connectivity index (χ2n) is 6.14. The average Bonchev–Trinajstić information content (AvgIpc) is 2.32. The number of carbonyl (C=O) groups excluding carboxylic acids is 1. The lowest BCUT2D eigenvalue weighted by Crippen LogP contribution is -2.51. The van der Waals surface area contributed by atoms with Gasteiger partial charge in [0.15, 0.2) is 5.82 Å². The molecule has 1 aliphatic carbocycles. The predicted molar refractivity (Wildman–Crippen MR) is 73.4 cm³/mol. The van der Waals surface area contributed by atoms with E-state index >= 15 is 0 Å². The lowest BCUT2D eigenvalue weighted by Gasteiger charge is -2.40. The Hall–Kier alpha value is -1.92. The molecule has 1 aromatic rings. The van der Waals surface area contributed by atoms with Crippen molar-refractivity contribution in [3.63, 3.8) is 0 Å². The molecule has 1 fully saturated rings. The first-order valence-corrected chi connectivity index (χ1v) is 6.84. The summed E-state index contributed by atoms with van der Waals surface area (Å²) in [6, 6.07) is 0.227. The van der Waals surface area contributed by atoms with Crippen molar-refractivity contribution in [2.75, 3.05) is 7.05 Å². The molecule has 116 valence electrons. The third kappa shape index (κ3) is 4.27. The number of hydrogen-bond acceptors (Lipinski definition) is 5. The number of aromatic nitrogens is 2. The maximum Gasteiger partial charge on any atom is 0.410 e. The Balaban J connectivity index is 1.78. The van der Waals surface area contributed by atoms with Crippen molar-refractivity contribution in [2.24, 2.45) is 0 Å². The molecule has 0 aromatic carbocycles. The van der Waals surface area contributed by atoms with Gasteiger partial charge in [-0.3, -0.25) is 0 Å². The minimum Gasteiger partial charge on any atom is -0.460 e. The summed E-state index contributed by atoms with van der Waals surface area (Å²) >= 11 is 0. The van der Waals surface area contributed by atoms with Gasteiger partial charge in [0.05, 0.1) is 12.4 Å². The van der Waals surface area contributed by atoms with Crippen LogP contribution in [0.25, 0.3) is 0 Å². The highest BCUT2D eigenvalue weighted by Gasteiger charge is 2.37. The Morgan fingerprint density at radius 1 is 1.33 bits per heavy atom. The minimum atomic E-state index is -0.507. The monoisotopic (exact) mass is 297 g/mol. The van der Waals surface area contributed by atoms with Crippen molar-refractivity contribution < 1.29 is 18.7 Å². The molecule has 1 aromatic heterocycles. The van der Waals surface area contributed by atoms with Crippen LogP contribution in [0, 0.1) is 5.82 Å². The molecule has 0 atom stereocenters. The Bertz CT molecular complexity index is 495. The van der Waals surface area contributed by atoms with Gasteiger partial charge in [0.1, 0.15) is 11.7 Å². The smallest absolute Gasteiger partial charge is 0.410 e. The Morgan fingerprint density at radius 2 is 1.90 bits per heavy atom. The number of amides is 1. The van der Waals surface area contributed by atoms with E-state index in [0.29, 0.717) is 12.8 Å². The second-order valence-corrected chi connectivity index (χ2v) is 6.14. The first-order valence-electron chi connectivity index (χ1n) is 6.84. The first-order chi connectivity index (χ1) is 9.74. The van der Waals surface area contributed by atoms with Gasteiger partial charge >= 0.3 is 12.1 Å². The zero-order valence-electron chi connectivity index (χ0n) is 12.7. The van der Waals surface area contributed by atoms with Crippen molar-refractivity contribution >= 4 is 6.09 Å². The number of hydrogen-bond donors (Lipinski definition) is 0. The Morgan fingerprint density at radius 3 is 2.43 bits per heavy atom. The molecule has 7 heteroatoms. The largest absolute Gasteiger partial charge is 0.460 e. The van der Waals surface area contributed by atoms with Gasteiger partial charge in [-0.15, -0.1) is 0 Å². The molecular weight excluding hydrogens is 277 g/mol. The molecule has 1 saturated carbocycles. The van der Waals surface area contributed by atoms with Crippen LogP contribution in [0.3, 0.4) is 0 Å². The molecule has 1 heterocycles. The van der Waals surface area contributed by atoms with E-state index in [-0.39, 0.29) is 24.2 Å². The van der Waals surface area contributed by atoms with Gasteiger partial charge in [-0.1, -0.05) is 0 Å². The predicted octanol–water partition coefficient (Wildman–Crippen LogP) is 2.39. The van der Waals surface area contributed by atoms with Crippen molar-refractivity contribution in [3.05, 3.63) is 18.2 Å². The van der Waals surface area contributed by atoms with Crippen molar-refractivity contribution in [1.82, 2.24) is 14.9 Å². The minimum absolute atomic E-state index is 0.0645. The zero-order chi connectivity index (χ0) is 15.6. The van der Waals surface area contributed by atoms with Crippen LogP contribution in [0.1, 0.15) is 33.6 Å². The van der Waals surface area contributed by atoms with E-state index in [1.165, 1.54) is 0 Å². The summed E-state index contributed by atoms with van der Waals surface area (Å²) in [5.74, 6) is -0.501. The third-order valence-electron chi connectivity index (χ3n) is 3.17. The quantitative estimate of drug-likeness (QED) is 0.857. The maximum absolute atomic E-state index is 12.7. The molecule has 0 spiro atoms. The molecule has 2 rings (SSSR count). The van der Waals surface area contributed by atoms with Crippen molar-refractivity contribution in [2.45, 2.75) is 51.4 Å². The molecule has 0 radical (unpaired) electrons. The summed E-state index contributed by atoms with van der Waals surface area (Å²) in [6.07, 6.45) is 3.07. The summed E-state index contributed by atoms with van der Waals surface area (Å²) < 4.78 is 23.5. The number of ether oxygens (including phenoxy) is 2. The zero-order valence-corrected chi connectivity index (χ0v) is 12.7. The molecular formula is C14H20FN3O3. The van der Waals surface area contributed by atoms with Gasteiger partial charge in [0.25, 0.3) is 0 Å². The van der Waals surface area contributed by atoms with Gasteiger partial charge in [-0.05, 0) is 20.8 Å². The highest BCUT2D eigenvalue weighted by atomic mass is 19.1. The average molecular weight is 297 g/mol. The van der Waals surface area contributed by atoms with Crippen LogP contribution in [0.5, 0.6) is 6.01 Å². The fourth-order valence-corrected chi connectivity index (χ4v) is 1.94. The third-order valence-corrected chi connectivity index (χ3v) is 3.17. The summed E-state index contributed by atoms with van der Waals surface area (Å²) in [4.78, 5) is 21.0. The fourth-order valence-electron chi connectivity index (χ4n) is 1.94. The second kappa shape index (κ2) is 5.83. The SMILES string of the molecule is CN(C(=O)OC(C)(C)C)C1CC(Oc2ncc(F)cn2)C1. The van der Waals surface area contributed by atoms with Gasteiger partial charge in [0, 0.05) is 25.9 Å². The molecule has 0 N–H and O–H groups in total. The van der Waals surface area contributed by atoms with E-state index in [1.54, 1.807) is 11.9 Å². The lowest BCUT2D eigenvalue weighted by atomic mass is 9.88. The molecule has 0 aliphatic heterocycles. The molecule has 1 aliphatic rings. The van der Waals surface area contributed by atoms with E-state index < -0.39 is 11.4 Å². The van der Waals surface area contributed by atoms with E-state index in [2.05, 4.69) is 9.97 Å². The molecule has 21 heavy (non-hydrogen) atoms. The highest BCUT2D eigenvalue weighted by Crippen LogP contribution is 2.28. The fraction of sp³-hybridized carbons (Fsp3) is 0.643. The standard InChI is InChI=1S/C14H20FN3O3/c1-14(2,3)21-13(19)18(4)10-5-11(6-10)20-12-16-7-9(15)8-17-12/h7-8,10-11H,5-6H2,1-4H3. The molecule has 1 amide bonds. The number of halogens is 1. The van der Waals surface area contributed by atoms with Crippen LogP contribution >= 0.6 is 0 Å². The number of nitrogens with zero attached hydrogens (tertiary/aromatic N) is 3. The summed E-state index contributed by atoms with van der Waals surface area (Å²) in [7, 11) is 1.71. The summed E-state index contributed by atoms with van der Waals surface area (Å²) in [5.41, 5.74) is -0.507. The van der Waals surface area contributed by atoms with Gasteiger partial charge in [-0.2, -0.15) is 0 Å². The van der Waals surface area contributed by atoms with Crippen LogP contribution in [0.4, 0.5) is 9.18 Å². The lowest BCUT2D eigenvalue weighted by molar-refractivity contribution is -0.0107. The van der Waals surface area contributed by atoms with Gasteiger partial charge < -0.3 is 14.4 Å². The Kier molecular flexibility index (Phi) is 4.29. The van der Waals surface area contributed by atoms with E-state index in [4.69, 9.17) is 9.47 Å². The topological polar surface area (TPSA) is 64.6 Å². The Labute approximate surface area is 123 Å². The van der Waals surface area contributed by atoms with Crippen LogP contribution in [-0.4, -0.2) is 45.8 Å². The van der Waals surface area contributed by atoms with E-state index in [9.17, 15) is 9.18 Å². The summed E-state index contributed by atoms with van der Waals surface area (Å²) in [5, 5.41) is 0. The molecule has 0 saturated heterocycles. The van der Waals surface area contributed by atoms with Gasteiger partial charge in [-0.25, -0.2) is 19.2 Å².